The second-order valence-electron chi connectivity index (χ2n) is 5.61. The highest BCUT2D eigenvalue weighted by atomic mass is 35.5. The highest BCUT2D eigenvalue weighted by Crippen LogP contribution is 2.27. The standard InChI is InChI=1S/C16H19ClN4O/c1-18-9-11-6-7-21(10-11)16(22)15-8-14(19-20-15)12-4-2-3-5-13(12)17/h2-5,8,11,18H,6-7,9-10H2,1H3,(H,19,20)/t11-/m1/s1. The first-order valence-electron chi connectivity index (χ1n) is 7.43. The van der Waals surface area contributed by atoms with E-state index >= 15 is 0 Å². The van der Waals surface area contributed by atoms with Crippen molar-refractivity contribution in [1.29, 1.82) is 0 Å². The average Bonchev–Trinajstić information content (AvgIpc) is 3.17. The van der Waals surface area contributed by atoms with Crippen LogP contribution in [0.2, 0.25) is 5.02 Å². The van der Waals surface area contributed by atoms with E-state index in [-0.39, 0.29) is 5.91 Å². The molecule has 0 spiro atoms. The predicted octanol–water partition coefficient (Wildman–Crippen LogP) is 2.41. The molecule has 1 aliphatic rings. The molecule has 1 aromatic carbocycles. The van der Waals surface area contributed by atoms with E-state index in [1.807, 2.05) is 36.2 Å². The quantitative estimate of drug-likeness (QED) is 0.910. The zero-order valence-corrected chi connectivity index (χ0v) is 13.2. The fourth-order valence-corrected chi connectivity index (χ4v) is 3.11. The van der Waals surface area contributed by atoms with Crippen LogP contribution in [0.5, 0.6) is 0 Å². The third kappa shape index (κ3) is 3.00. The van der Waals surface area contributed by atoms with E-state index in [1.165, 1.54) is 0 Å². The summed E-state index contributed by atoms with van der Waals surface area (Å²) in [5.74, 6) is 0.532. The summed E-state index contributed by atoms with van der Waals surface area (Å²) in [5.41, 5.74) is 2.04. The van der Waals surface area contributed by atoms with Gasteiger partial charge in [-0.15, -0.1) is 0 Å². The Hall–Kier alpha value is -1.85. The monoisotopic (exact) mass is 318 g/mol. The van der Waals surface area contributed by atoms with Crippen molar-refractivity contribution in [3.8, 4) is 11.3 Å². The van der Waals surface area contributed by atoms with Crippen molar-refractivity contribution >= 4 is 17.5 Å². The minimum Gasteiger partial charge on any atom is -0.337 e. The molecule has 1 amide bonds. The topological polar surface area (TPSA) is 61.0 Å². The molecule has 116 valence electrons. The Morgan fingerprint density at radius 3 is 3.09 bits per heavy atom. The number of carbonyl (C=O) groups excluding carboxylic acids is 1. The summed E-state index contributed by atoms with van der Waals surface area (Å²) in [6.45, 7) is 2.53. The molecule has 2 heterocycles. The third-order valence-corrected chi connectivity index (χ3v) is 4.35. The Labute approximate surface area is 134 Å². The Kier molecular flexibility index (Phi) is 4.45. The molecule has 3 rings (SSSR count). The fraction of sp³-hybridized carbons (Fsp3) is 0.375. The van der Waals surface area contributed by atoms with Gasteiger partial charge in [-0.1, -0.05) is 29.8 Å². The van der Waals surface area contributed by atoms with Gasteiger partial charge < -0.3 is 10.2 Å². The molecule has 0 bridgehead atoms. The summed E-state index contributed by atoms with van der Waals surface area (Å²) in [6, 6.07) is 9.26. The van der Waals surface area contributed by atoms with Gasteiger partial charge in [-0.05, 0) is 38.1 Å². The van der Waals surface area contributed by atoms with E-state index < -0.39 is 0 Å². The van der Waals surface area contributed by atoms with Crippen LogP contribution in [0.4, 0.5) is 0 Å². The minimum absolute atomic E-state index is 0.00408. The summed E-state index contributed by atoms with van der Waals surface area (Å²) >= 11 is 6.17. The zero-order valence-electron chi connectivity index (χ0n) is 12.5. The summed E-state index contributed by atoms with van der Waals surface area (Å²) in [7, 11) is 1.94. The lowest BCUT2D eigenvalue weighted by Crippen LogP contribution is -2.30. The van der Waals surface area contributed by atoms with Crippen LogP contribution >= 0.6 is 11.6 Å². The lowest BCUT2D eigenvalue weighted by atomic mass is 10.1. The molecule has 0 unspecified atom stereocenters. The van der Waals surface area contributed by atoms with Crippen molar-refractivity contribution in [3.63, 3.8) is 0 Å². The largest absolute Gasteiger partial charge is 0.337 e. The van der Waals surface area contributed by atoms with Gasteiger partial charge in [0.05, 0.1) is 10.7 Å². The molecule has 1 atom stereocenters. The number of aromatic nitrogens is 2. The number of carbonyl (C=O) groups is 1. The number of hydrogen-bond donors (Lipinski definition) is 2. The van der Waals surface area contributed by atoms with Crippen molar-refractivity contribution in [2.75, 3.05) is 26.7 Å². The molecular weight excluding hydrogens is 300 g/mol. The van der Waals surface area contributed by atoms with Crippen LogP contribution in [0, 0.1) is 5.92 Å². The van der Waals surface area contributed by atoms with Crippen molar-refractivity contribution in [1.82, 2.24) is 20.4 Å². The molecule has 1 aliphatic heterocycles. The summed E-state index contributed by atoms with van der Waals surface area (Å²) in [4.78, 5) is 14.4. The number of benzene rings is 1. The SMILES string of the molecule is CNC[C@H]1CCN(C(=O)c2cc(-c3ccccc3Cl)n[nH]2)C1. The van der Waals surface area contributed by atoms with Crippen molar-refractivity contribution < 1.29 is 4.79 Å². The van der Waals surface area contributed by atoms with E-state index in [0.29, 0.717) is 22.3 Å². The molecule has 1 fully saturated rings. The summed E-state index contributed by atoms with van der Waals surface area (Å²) in [5, 5.41) is 10.9. The van der Waals surface area contributed by atoms with Crippen LogP contribution < -0.4 is 5.32 Å². The third-order valence-electron chi connectivity index (χ3n) is 4.02. The van der Waals surface area contributed by atoms with E-state index in [1.54, 1.807) is 6.07 Å². The number of halogens is 1. The van der Waals surface area contributed by atoms with E-state index in [2.05, 4.69) is 15.5 Å². The maximum absolute atomic E-state index is 12.5. The van der Waals surface area contributed by atoms with Crippen molar-refractivity contribution in [3.05, 3.63) is 41.0 Å². The van der Waals surface area contributed by atoms with Crippen molar-refractivity contribution in [2.45, 2.75) is 6.42 Å². The highest BCUT2D eigenvalue weighted by molar-refractivity contribution is 6.33. The van der Waals surface area contributed by atoms with Crippen LogP contribution in [0.1, 0.15) is 16.9 Å². The van der Waals surface area contributed by atoms with Gasteiger partial charge in [0.25, 0.3) is 5.91 Å². The fourth-order valence-electron chi connectivity index (χ4n) is 2.88. The second-order valence-corrected chi connectivity index (χ2v) is 6.02. The van der Waals surface area contributed by atoms with Gasteiger partial charge >= 0.3 is 0 Å². The Balaban J connectivity index is 1.74. The normalized spacial score (nSPS) is 17.9. The van der Waals surface area contributed by atoms with E-state index in [9.17, 15) is 4.79 Å². The predicted molar refractivity (Wildman–Crippen MR) is 87.0 cm³/mol. The molecule has 22 heavy (non-hydrogen) atoms. The first-order chi connectivity index (χ1) is 10.7. The van der Waals surface area contributed by atoms with E-state index in [0.717, 1.165) is 31.6 Å². The van der Waals surface area contributed by atoms with Crippen LogP contribution in [0.15, 0.2) is 30.3 Å². The van der Waals surface area contributed by atoms with Crippen LogP contribution in [-0.4, -0.2) is 47.7 Å². The van der Waals surface area contributed by atoms with Crippen LogP contribution in [0.3, 0.4) is 0 Å². The van der Waals surface area contributed by atoms with Gasteiger partial charge in [0.2, 0.25) is 0 Å². The average molecular weight is 319 g/mol. The molecule has 6 heteroatoms. The molecule has 0 saturated carbocycles. The molecule has 0 radical (unpaired) electrons. The van der Waals surface area contributed by atoms with Gasteiger partial charge in [-0.3, -0.25) is 9.89 Å². The number of hydrogen-bond acceptors (Lipinski definition) is 3. The number of rotatable bonds is 4. The Bertz CT molecular complexity index is 670. The molecular formula is C16H19ClN4O. The smallest absolute Gasteiger partial charge is 0.271 e. The second kappa shape index (κ2) is 6.50. The highest BCUT2D eigenvalue weighted by Gasteiger charge is 2.27. The Morgan fingerprint density at radius 1 is 1.50 bits per heavy atom. The van der Waals surface area contributed by atoms with Gasteiger partial charge in [-0.25, -0.2) is 0 Å². The lowest BCUT2D eigenvalue weighted by molar-refractivity contribution is 0.0781. The molecule has 5 nitrogen and oxygen atoms in total. The maximum atomic E-state index is 12.5. The first kappa shape index (κ1) is 15.1. The van der Waals surface area contributed by atoms with Crippen molar-refractivity contribution in [2.24, 2.45) is 5.92 Å². The molecule has 1 saturated heterocycles. The number of likely N-dealkylation sites (tertiary alicyclic amines) is 1. The van der Waals surface area contributed by atoms with Gasteiger partial charge in [0, 0.05) is 18.7 Å². The molecule has 1 aromatic heterocycles. The minimum atomic E-state index is 0.00408. The number of nitrogens with zero attached hydrogens (tertiary/aromatic N) is 2. The van der Waals surface area contributed by atoms with Gasteiger partial charge in [0.15, 0.2) is 0 Å². The van der Waals surface area contributed by atoms with Crippen LogP contribution in [-0.2, 0) is 0 Å². The summed E-state index contributed by atoms with van der Waals surface area (Å²) < 4.78 is 0. The first-order valence-corrected chi connectivity index (χ1v) is 7.81. The Morgan fingerprint density at radius 2 is 2.32 bits per heavy atom. The molecule has 2 aromatic rings. The number of nitrogens with one attached hydrogen (secondary N) is 2. The molecule has 0 aliphatic carbocycles. The van der Waals surface area contributed by atoms with E-state index in [4.69, 9.17) is 11.6 Å². The van der Waals surface area contributed by atoms with Gasteiger partial charge in [-0.2, -0.15) is 5.10 Å². The maximum Gasteiger partial charge on any atom is 0.271 e. The molecule has 2 N–H and O–H groups in total. The number of amides is 1. The summed E-state index contributed by atoms with van der Waals surface area (Å²) in [6.07, 6.45) is 1.04. The zero-order chi connectivity index (χ0) is 15.5. The van der Waals surface area contributed by atoms with Crippen LogP contribution in [0.25, 0.3) is 11.3 Å². The number of H-pyrrole nitrogens is 1. The van der Waals surface area contributed by atoms with Gasteiger partial charge in [0.1, 0.15) is 5.69 Å². The number of aromatic amines is 1. The lowest BCUT2D eigenvalue weighted by Gasteiger charge is -2.15.